The number of hydrogen-bond acceptors (Lipinski definition) is 3. The molecular formula is C24H30N4O3. The van der Waals surface area contributed by atoms with Crippen LogP contribution in [0, 0.1) is 0 Å². The van der Waals surface area contributed by atoms with Gasteiger partial charge in [0.05, 0.1) is 0 Å². The van der Waals surface area contributed by atoms with E-state index in [1.54, 1.807) is 31.1 Å². The molecule has 164 valence electrons. The third-order valence-corrected chi connectivity index (χ3v) is 5.72. The van der Waals surface area contributed by atoms with Crippen LogP contribution in [0.15, 0.2) is 54.6 Å². The lowest BCUT2D eigenvalue weighted by Gasteiger charge is -2.33. The normalized spacial score (nSPS) is 14.5. The molecule has 0 spiro atoms. The first-order chi connectivity index (χ1) is 14.9. The van der Waals surface area contributed by atoms with E-state index in [0.717, 1.165) is 24.0 Å². The van der Waals surface area contributed by atoms with E-state index in [1.807, 2.05) is 42.5 Å². The first kappa shape index (κ1) is 22.3. The fraction of sp³-hybridized carbons (Fsp3) is 0.375. The van der Waals surface area contributed by atoms with E-state index in [2.05, 4.69) is 16.0 Å². The minimum atomic E-state index is -0.877. The van der Waals surface area contributed by atoms with Gasteiger partial charge in [-0.05, 0) is 36.1 Å². The molecule has 4 amide bonds. The summed E-state index contributed by atoms with van der Waals surface area (Å²) in [5.41, 5.74) is 1.62. The van der Waals surface area contributed by atoms with Crippen molar-refractivity contribution in [2.24, 2.45) is 0 Å². The lowest BCUT2D eigenvalue weighted by Crippen LogP contribution is -2.59. The van der Waals surface area contributed by atoms with Crippen molar-refractivity contribution in [2.75, 3.05) is 14.1 Å². The standard InChI is InChI=1S/C24H30N4O3/c1-25-21(29)20-12-10-19(11-13-20)17-28(2)22(30)24(14-6-7-15-24)27-23(31)26-16-18-8-4-3-5-9-18/h3-5,8-13H,6-7,14-17H2,1-2H3,(H,25,29)(H2,26,27,31). The highest BCUT2D eigenvalue weighted by molar-refractivity contribution is 5.94. The Morgan fingerprint density at radius 1 is 0.935 bits per heavy atom. The number of amides is 4. The Hall–Kier alpha value is -3.35. The van der Waals surface area contributed by atoms with Gasteiger partial charge in [-0.2, -0.15) is 0 Å². The van der Waals surface area contributed by atoms with Gasteiger partial charge in [-0.3, -0.25) is 9.59 Å². The SMILES string of the molecule is CNC(=O)c1ccc(CN(C)C(=O)C2(NC(=O)NCc3ccccc3)CCCC2)cc1. The summed E-state index contributed by atoms with van der Waals surface area (Å²) in [6, 6.07) is 16.5. The van der Waals surface area contributed by atoms with Crippen molar-refractivity contribution in [3.63, 3.8) is 0 Å². The summed E-state index contributed by atoms with van der Waals surface area (Å²) in [4.78, 5) is 39.2. The number of carbonyl (C=O) groups excluding carboxylic acids is 3. The Bertz CT molecular complexity index is 906. The van der Waals surface area contributed by atoms with Crippen LogP contribution in [0.3, 0.4) is 0 Å². The maximum atomic E-state index is 13.3. The van der Waals surface area contributed by atoms with Crippen molar-refractivity contribution < 1.29 is 14.4 Å². The molecule has 3 N–H and O–H groups in total. The molecule has 0 radical (unpaired) electrons. The average molecular weight is 423 g/mol. The lowest BCUT2D eigenvalue weighted by atomic mass is 9.95. The topological polar surface area (TPSA) is 90.5 Å². The van der Waals surface area contributed by atoms with E-state index in [0.29, 0.717) is 31.5 Å². The first-order valence-electron chi connectivity index (χ1n) is 10.6. The number of likely N-dealkylation sites (N-methyl/N-ethyl adjacent to an activating group) is 1. The van der Waals surface area contributed by atoms with Crippen LogP contribution >= 0.6 is 0 Å². The second kappa shape index (κ2) is 10.1. The van der Waals surface area contributed by atoms with Crippen LogP contribution in [0.2, 0.25) is 0 Å². The second-order valence-corrected chi connectivity index (χ2v) is 8.02. The highest BCUT2D eigenvalue weighted by atomic mass is 16.2. The highest BCUT2D eigenvalue weighted by Crippen LogP contribution is 2.31. The molecule has 0 bridgehead atoms. The Labute approximate surface area is 183 Å². The summed E-state index contributed by atoms with van der Waals surface area (Å²) in [5, 5.41) is 8.42. The van der Waals surface area contributed by atoms with Crippen LogP contribution in [0.5, 0.6) is 0 Å². The first-order valence-corrected chi connectivity index (χ1v) is 10.6. The summed E-state index contributed by atoms with van der Waals surface area (Å²) < 4.78 is 0. The van der Waals surface area contributed by atoms with Gasteiger partial charge < -0.3 is 20.9 Å². The minimum Gasteiger partial charge on any atom is -0.355 e. The largest absolute Gasteiger partial charge is 0.355 e. The number of nitrogens with zero attached hydrogens (tertiary/aromatic N) is 1. The van der Waals surface area contributed by atoms with Crippen molar-refractivity contribution in [3.05, 3.63) is 71.3 Å². The fourth-order valence-electron chi connectivity index (χ4n) is 4.03. The summed E-state index contributed by atoms with van der Waals surface area (Å²) >= 11 is 0. The van der Waals surface area contributed by atoms with Crippen molar-refractivity contribution in [2.45, 2.75) is 44.3 Å². The number of carbonyl (C=O) groups is 3. The predicted molar refractivity (Wildman–Crippen MR) is 119 cm³/mol. The Balaban J connectivity index is 1.62. The Morgan fingerprint density at radius 3 is 2.19 bits per heavy atom. The lowest BCUT2D eigenvalue weighted by molar-refractivity contribution is -0.137. The van der Waals surface area contributed by atoms with Crippen LogP contribution in [-0.2, 0) is 17.9 Å². The molecular weight excluding hydrogens is 392 g/mol. The maximum Gasteiger partial charge on any atom is 0.315 e. The molecule has 0 aliphatic heterocycles. The van der Waals surface area contributed by atoms with Crippen molar-refractivity contribution in [3.8, 4) is 0 Å². The molecule has 0 heterocycles. The van der Waals surface area contributed by atoms with Gasteiger partial charge in [-0.1, -0.05) is 55.3 Å². The van der Waals surface area contributed by atoms with Gasteiger partial charge in [0.2, 0.25) is 5.91 Å². The van der Waals surface area contributed by atoms with E-state index in [9.17, 15) is 14.4 Å². The van der Waals surface area contributed by atoms with Crippen molar-refractivity contribution in [1.82, 2.24) is 20.9 Å². The third kappa shape index (κ3) is 5.63. The van der Waals surface area contributed by atoms with Crippen LogP contribution < -0.4 is 16.0 Å². The molecule has 1 fully saturated rings. The van der Waals surface area contributed by atoms with Crippen LogP contribution in [0.25, 0.3) is 0 Å². The van der Waals surface area contributed by atoms with E-state index in [4.69, 9.17) is 0 Å². The number of hydrogen-bond donors (Lipinski definition) is 3. The Kier molecular flexibility index (Phi) is 7.28. The highest BCUT2D eigenvalue weighted by Gasteiger charge is 2.44. The zero-order valence-electron chi connectivity index (χ0n) is 18.1. The molecule has 2 aromatic rings. The van der Waals surface area contributed by atoms with Crippen LogP contribution in [-0.4, -0.2) is 42.4 Å². The van der Waals surface area contributed by atoms with Gasteiger partial charge in [0.25, 0.3) is 5.91 Å². The molecule has 1 aliphatic rings. The van der Waals surface area contributed by atoms with E-state index in [1.165, 1.54) is 0 Å². The third-order valence-electron chi connectivity index (χ3n) is 5.72. The van der Waals surface area contributed by atoms with Crippen LogP contribution in [0.4, 0.5) is 4.79 Å². The molecule has 7 nitrogen and oxygen atoms in total. The maximum absolute atomic E-state index is 13.3. The van der Waals surface area contributed by atoms with Crippen molar-refractivity contribution >= 4 is 17.8 Å². The summed E-state index contributed by atoms with van der Waals surface area (Å²) in [7, 11) is 3.34. The number of urea groups is 1. The molecule has 31 heavy (non-hydrogen) atoms. The summed E-state index contributed by atoms with van der Waals surface area (Å²) in [6.07, 6.45) is 3.06. The number of benzene rings is 2. The van der Waals surface area contributed by atoms with Gasteiger partial charge in [-0.25, -0.2) is 4.79 Å². The monoisotopic (exact) mass is 422 g/mol. The van der Waals surface area contributed by atoms with Gasteiger partial charge in [-0.15, -0.1) is 0 Å². The minimum absolute atomic E-state index is 0.0877. The van der Waals surface area contributed by atoms with Crippen LogP contribution in [0.1, 0.15) is 47.2 Å². The molecule has 3 rings (SSSR count). The van der Waals surface area contributed by atoms with Gasteiger partial charge in [0.15, 0.2) is 0 Å². The smallest absolute Gasteiger partial charge is 0.315 e. The predicted octanol–water partition coefficient (Wildman–Crippen LogP) is 2.82. The number of rotatable bonds is 7. The average Bonchev–Trinajstić information content (AvgIpc) is 3.27. The Morgan fingerprint density at radius 2 is 1.58 bits per heavy atom. The van der Waals surface area contributed by atoms with Gasteiger partial charge >= 0.3 is 6.03 Å². The molecule has 7 heteroatoms. The zero-order valence-corrected chi connectivity index (χ0v) is 18.1. The summed E-state index contributed by atoms with van der Waals surface area (Å²) in [5.74, 6) is -0.234. The second-order valence-electron chi connectivity index (χ2n) is 8.02. The molecule has 0 aromatic heterocycles. The number of nitrogens with one attached hydrogen (secondary N) is 3. The molecule has 0 atom stereocenters. The quantitative estimate of drug-likeness (QED) is 0.641. The van der Waals surface area contributed by atoms with Crippen molar-refractivity contribution in [1.29, 1.82) is 0 Å². The molecule has 0 saturated heterocycles. The molecule has 1 aliphatic carbocycles. The zero-order chi connectivity index (χ0) is 22.3. The van der Waals surface area contributed by atoms with E-state index in [-0.39, 0.29) is 17.8 Å². The van der Waals surface area contributed by atoms with Gasteiger partial charge in [0, 0.05) is 32.7 Å². The molecule has 2 aromatic carbocycles. The molecule has 1 saturated carbocycles. The molecule has 0 unspecified atom stereocenters. The van der Waals surface area contributed by atoms with Gasteiger partial charge in [0.1, 0.15) is 5.54 Å². The summed E-state index contributed by atoms with van der Waals surface area (Å²) in [6.45, 7) is 0.812. The fourth-order valence-corrected chi connectivity index (χ4v) is 4.03. The van der Waals surface area contributed by atoms with E-state index >= 15 is 0 Å². The van der Waals surface area contributed by atoms with E-state index < -0.39 is 5.54 Å².